The third kappa shape index (κ3) is 6.64. The van der Waals surface area contributed by atoms with E-state index in [1.54, 1.807) is 0 Å². The Bertz CT molecular complexity index is 4120. The Morgan fingerprint density at radius 3 is 1.82 bits per heavy atom. The van der Waals surface area contributed by atoms with Gasteiger partial charge in [-0.25, -0.2) is 9.97 Å². The summed E-state index contributed by atoms with van der Waals surface area (Å²) in [6, 6.07) is 89.6. The van der Waals surface area contributed by atoms with E-state index in [0.717, 1.165) is 61.2 Å². The van der Waals surface area contributed by atoms with E-state index in [2.05, 4.69) is 237 Å². The molecular formula is C67H42N2OS. The second-order valence-corrected chi connectivity index (χ2v) is 19.4. The van der Waals surface area contributed by atoms with Crippen LogP contribution in [0.2, 0.25) is 0 Å². The number of benzene rings is 10. The highest BCUT2D eigenvalue weighted by atomic mass is 32.1. The van der Waals surface area contributed by atoms with Crippen LogP contribution < -0.4 is 0 Å². The molecule has 3 heterocycles. The minimum Gasteiger partial charge on any atom is -0.456 e. The summed E-state index contributed by atoms with van der Waals surface area (Å²) in [7, 11) is 0. The smallest absolute Gasteiger partial charge is 0.160 e. The van der Waals surface area contributed by atoms with Crippen LogP contribution in [0.3, 0.4) is 0 Å². The molecule has 0 radical (unpaired) electrons. The van der Waals surface area contributed by atoms with Crippen LogP contribution in [0.25, 0.3) is 98.7 Å². The summed E-state index contributed by atoms with van der Waals surface area (Å²) >= 11 is 1.85. The van der Waals surface area contributed by atoms with Crippen LogP contribution in [-0.4, -0.2) is 9.97 Å². The van der Waals surface area contributed by atoms with E-state index >= 15 is 0 Å². The van der Waals surface area contributed by atoms with Gasteiger partial charge in [0.05, 0.1) is 16.8 Å². The van der Waals surface area contributed by atoms with Gasteiger partial charge in [-0.05, 0) is 98.1 Å². The molecule has 13 aromatic rings. The number of nitrogens with zero attached hydrogens (tertiary/aromatic N) is 2. The van der Waals surface area contributed by atoms with Crippen LogP contribution >= 0.6 is 11.3 Å². The van der Waals surface area contributed by atoms with Crippen LogP contribution in [0.15, 0.2) is 253 Å². The molecule has 3 aromatic heterocycles. The molecule has 332 valence electrons. The van der Waals surface area contributed by atoms with Crippen molar-refractivity contribution in [2.24, 2.45) is 0 Å². The van der Waals surface area contributed by atoms with E-state index < -0.39 is 5.41 Å². The normalized spacial score (nSPS) is 13.0. The van der Waals surface area contributed by atoms with Gasteiger partial charge in [0.15, 0.2) is 5.82 Å². The van der Waals surface area contributed by atoms with E-state index in [-0.39, 0.29) is 0 Å². The Morgan fingerprint density at radius 1 is 0.423 bits per heavy atom. The van der Waals surface area contributed by atoms with Gasteiger partial charge in [-0.1, -0.05) is 212 Å². The molecule has 4 heteroatoms. The fraction of sp³-hybridized carbons (Fsp3) is 0.0149. The van der Waals surface area contributed by atoms with Gasteiger partial charge >= 0.3 is 0 Å². The summed E-state index contributed by atoms with van der Waals surface area (Å²) in [5.74, 6) is 0.674. The van der Waals surface area contributed by atoms with Crippen molar-refractivity contribution in [2.75, 3.05) is 0 Å². The summed E-state index contributed by atoms with van der Waals surface area (Å²) in [6.45, 7) is 0. The second kappa shape index (κ2) is 16.6. The average Bonchev–Trinajstić information content (AvgIpc) is 4.11. The highest BCUT2D eigenvalue weighted by Gasteiger charge is 2.47. The average molecular weight is 923 g/mol. The third-order valence-electron chi connectivity index (χ3n) is 14.4. The molecule has 0 spiro atoms. The first-order chi connectivity index (χ1) is 35.2. The van der Waals surface area contributed by atoms with Crippen LogP contribution in [0, 0.1) is 0 Å². The van der Waals surface area contributed by atoms with Crippen molar-refractivity contribution in [1.29, 1.82) is 0 Å². The first-order valence-corrected chi connectivity index (χ1v) is 24.9. The standard InChI is InChI=1S/C67H42N2OS/c1-4-19-44(20-5-1)60-42-61(69-66(68-60)45-21-6-2-7-22-45)54(51-27-12-16-33-59(51)67(47-23-8-3-9-24-47)57-31-14-10-25-49(57)50-26-11-15-32-58(50)67)39-43-35-38-64-56(40-43)53-30-18-29-48(65(53)71-64)46-36-37-63-55(41-46)52-28-13-17-34-62(52)70-63/h1-42H/b54-39+. The lowest BCUT2D eigenvalue weighted by molar-refractivity contribution is 0.669. The second-order valence-electron chi connectivity index (χ2n) is 18.4. The Hall–Kier alpha value is -8.96. The lowest BCUT2D eigenvalue weighted by Gasteiger charge is -2.36. The molecule has 3 nitrogen and oxygen atoms in total. The Balaban J connectivity index is 1.03. The number of fused-ring (bicyclic) bond motifs is 9. The summed E-state index contributed by atoms with van der Waals surface area (Å²) in [6.07, 6.45) is 2.36. The highest BCUT2D eigenvalue weighted by molar-refractivity contribution is 7.26. The first-order valence-electron chi connectivity index (χ1n) is 24.1. The minimum atomic E-state index is -0.642. The topological polar surface area (TPSA) is 38.9 Å². The molecular weight excluding hydrogens is 881 g/mol. The van der Waals surface area contributed by atoms with Gasteiger partial charge in [0, 0.05) is 47.6 Å². The lowest BCUT2D eigenvalue weighted by Crippen LogP contribution is -2.30. The molecule has 1 aliphatic rings. The van der Waals surface area contributed by atoms with Gasteiger partial charge in [0.25, 0.3) is 0 Å². The third-order valence-corrected chi connectivity index (χ3v) is 15.6. The maximum Gasteiger partial charge on any atom is 0.160 e. The molecule has 0 amide bonds. The van der Waals surface area contributed by atoms with Gasteiger partial charge < -0.3 is 4.42 Å². The molecule has 14 rings (SSSR count). The van der Waals surface area contributed by atoms with Gasteiger partial charge in [-0.3, -0.25) is 0 Å². The van der Waals surface area contributed by atoms with E-state index in [1.807, 2.05) is 29.5 Å². The van der Waals surface area contributed by atoms with Crippen LogP contribution in [-0.2, 0) is 5.41 Å². The van der Waals surface area contributed by atoms with E-state index in [0.29, 0.717) is 5.82 Å². The summed E-state index contributed by atoms with van der Waals surface area (Å²) in [5.41, 5.74) is 17.9. The summed E-state index contributed by atoms with van der Waals surface area (Å²) < 4.78 is 8.73. The van der Waals surface area contributed by atoms with Crippen molar-refractivity contribution in [2.45, 2.75) is 5.41 Å². The van der Waals surface area contributed by atoms with Crippen molar-refractivity contribution in [1.82, 2.24) is 9.97 Å². The van der Waals surface area contributed by atoms with Crippen molar-refractivity contribution in [3.63, 3.8) is 0 Å². The minimum absolute atomic E-state index is 0.642. The molecule has 0 fully saturated rings. The first kappa shape index (κ1) is 41.1. The fourth-order valence-corrected chi connectivity index (χ4v) is 12.5. The zero-order chi connectivity index (χ0) is 46.9. The van der Waals surface area contributed by atoms with Crippen molar-refractivity contribution >= 4 is 65.1 Å². The lowest BCUT2D eigenvalue weighted by atomic mass is 9.65. The fourth-order valence-electron chi connectivity index (χ4n) is 11.3. The molecule has 71 heavy (non-hydrogen) atoms. The molecule has 0 saturated carbocycles. The number of aromatic nitrogens is 2. The molecule has 0 bridgehead atoms. The van der Waals surface area contributed by atoms with Crippen LogP contribution in [0.1, 0.15) is 39.1 Å². The molecule has 0 atom stereocenters. The SMILES string of the molecule is C(=C(\c1cc(-c2ccccc2)nc(-c2ccccc2)n1)c1ccccc1C1(c2ccccc2)c2ccccc2-c2ccccc21)/c1ccc2sc3c(-c4ccc5oc6ccccc6c5c4)cccc3c2c1. The van der Waals surface area contributed by atoms with Gasteiger partial charge in [0.2, 0.25) is 0 Å². The van der Waals surface area contributed by atoms with E-state index in [1.165, 1.54) is 64.7 Å². The molecule has 0 N–H and O–H groups in total. The highest BCUT2D eigenvalue weighted by Crippen LogP contribution is 2.57. The Morgan fingerprint density at radius 2 is 1.04 bits per heavy atom. The predicted molar refractivity (Wildman–Crippen MR) is 296 cm³/mol. The Kier molecular flexibility index (Phi) is 9.61. The van der Waals surface area contributed by atoms with Crippen LogP contribution in [0.4, 0.5) is 0 Å². The predicted octanol–water partition coefficient (Wildman–Crippen LogP) is 17.7. The Labute approximate surface area is 415 Å². The zero-order valence-electron chi connectivity index (χ0n) is 38.5. The maximum absolute atomic E-state index is 6.23. The molecule has 1 aliphatic carbocycles. The number of rotatable bonds is 8. The van der Waals surface area contributed by atoms with E-state index in [9.17, 15) is 0 Å². The summed E-state index contributed by atoms with van der Waals surface area (Å²) in [5, 5.41) is 4.72. The number of furan rings is 1. The number of hydrogen-bond donors (Lipinski definition) is 0. The van der Waals surface area contributed by atoms with Gasteiger partial charge in [-0.15, -0.1) is 11.3 Å². The van der Waals surface area contributed by atoms with Crippen molar-refractivity contribution in [3.8, 4) is 44.9 Å². The van der Waals surface area contributed by atoms with Crippen molar-refractivity contribution in [3.05, 3.63) is 288 Å². The van der Waals surface area contributed by atoms with Crippen LogP contribution in [0.5, 0.6) is 0 Å². The number of hydrogen-bond acceptors (Lipinski definition) is 4. The van der Waals surface area contributed by atoms with E-state index in [4.69, 9.17) is 14.4 Å². The molecule has 0 unspecified atom stereocenters. The maximum atomic E-state index is 6.23. The summed E-state index contributed by atoms with van der Waals surface area (Å²) in [4.78, 5) is 10.8. The quantitative estimate of drug-likeness (QED) is 0.143. The van der Waals surface area contributed by atoms with Gasteiger partial charge in [0.1, 0.15) is 11.2 Å². The number of thiophene rings is 1. The monoisotopic (exact) mass is 922 g/mol. The zero-order valence-corrected chi connectivity index (χ0v) is 39.3. The number of para-hydroxylation sites is 1. The largest absolute Gasteiger partial charge is 0.456 e. The molecule has 0 saturated heterocycles. The molecule has 10 aromatic carbocycles. The molecule has 0 aliphatic heterocycles. The van der Waals surface area contributed by atoms with Crippen molar-refractivity contribution < 1.29 is 4.42 Å². The van der Waals surface area contributed by atoms with Gasteiger partial charge in [-0.2, -0.15) is 0 Å².